The Balaban J connectivity index is 1.20. The van der Waals surface area contributed by atoms with Gasteiger partial charge in [-0.25, -0.2) is 8.78 Å². The van der Waals surface area contributed by atoms with Crippen molar-refractivity contribution in [1.82, 2.24) is 19.2 Å². The van der Waals surface area contributed by atoms with Crippen LogP contribution in [0, 0.1) is 11.7 Å². The maximum absolute atomic E-state index is 13.6. The van der Waals surface area contributed by atoms with Crippen LogP contribution < -0.4 is 9.62 Å². The van der Waals surface area contributed by atoms with Crippen LogP contribution in [0.3, 0.4) is 0 Å². The highest BCUT2D eigenvalue weighted by atomic mass is 32.2. The van der Waals surface area contributed by atoms with Gasteiger partial charge in [0.25, 0.3) is 10.2 Å². The minimum Gasteiger partial charge on any atom is -0.378 e. The minimum absolute atomic E-state index is 0.0848. The molecule has 196 valence electrons. The summed E-state index contributed by atoms with van der Waals surface area (Å²) in [6, 6.07) is 10.2. The van der Waals surface area contributed by atoms with Crippen LogP contribution in [0.2, 0.25) is 0 Å². The Morgan fingerprint density at radius 1 is 1.06 bits per heavy atom. The average Bonchev–Trinajstić information content (AvgIpc) is 2.87. The van der Waals surface area contributed by atoms with E-state index in [9.17, 15) is 17.2 Å². The number of anilines is 1. The van der Waals surface area contributed by atoms with Gasteiger partial charge in [-0.3, -0.25) is 0 Å². The summed E-state index contributed by atoms with van der Waals surface area (Å²) in [6.45, 7) is 1.43. The zero-order chi connectivity index (χ0) is 25.1. The topological polar surface area (TPSA) is 87.7 Å². The summed E-state index contributed by atoms with van der Waals surface area (Å²) >= 11 is 0. The van der Waals surface area contributed by atoms with E-state index in [1.54, 1.807) is 18.3 Å². The second-order valence-corrected chi connectivity index (χ2v) is 11.8. The van der Waals surface area contributed by atoms with Crippen molar-refractivity contribution in [3.8, 4) is 0 Å². The molecule has 0 spiro atoms. The van der Waals surface area contributed by atoms with Gasteiger partial charge >= 0.3 is 0 Å². The van der Waals surface area contributed by atoms with E-state index in [-0.39, 0.29) is 37.0 Å². The van der Waals surface area contributed by atoms with E-state index < -0.39 is 16.4 Å². The summed E-state index contributed by atoms with van der Waals surface area (Å²) < 4.78 is 62.7. The number of halogens is 2. The van der Waals surface area contributed by atoms with Gasteiger partial charge in [-0.2, -0.15) is 22.5 Å². The molecule has 11 heteroatoms. The van der Waals surface area contributed by atoms with Crippen LogP contribution in [0.4, 0.5) is 14.6 Å². The number of hydrogen-bond donors (Lipinski definition) is 1. The summed E-state index contributed by atoms with van der Waals surface area (Å²) in [6.07, 6.45) is 4.82. The maximum atomic E-state index is 13.6. The van der Waals surface area contributed by atoms with E-state index in [2.05, 4.69) is 19.8 Å². The van der Waals surface area contributed by atoms with Crippen molar-refractivity contribution in [2.45, 2.75) is 56.3 Å². The summed E-state index contributed by atoms with van der Waals surface area (Å²) in [5.41, 5.74) is 1.04. The Morgan fingerprint density at radius 2 is 1.86 bits per heavy atom. The third-order valence-corrected chi connectivity index (χ3v) is 9.18. The quantitative estimate of drug-likeness (QED) is 0.575. The van der Waals surface area contributed by atoms with Gasteiger partial charge in [-0.05, 0) is 67.9 Å². The van der Waals surface area contributed by atoms with E-state index in [4.69, 9.17) is 4.74 Å². The van der Waals surface area contributed by atoms with Crippen molar-refractivity contribution in [2.24, 2.45) is 5.92 Å². The van der Waals surface area contributed by atoms with Crippen LogP contribution in [0.25, 0.3) is 0 Å². The second-order valence-electron chi connectivity index (χ2n) is 10.1. The highest BCUT2D eigenvalue weighted by Crippen LogP contribution is 2.35. The smallest absolute Gasteiger partial charge is 0.279 e. The van der Waals surface area contributed by atoms with Crippen molar-refractivity contribution in [1.29, 1.82) is 0 Å². The Hall–Kier alpha value is -2.21. The van der Waals surface area contributed by atoms with Crippen molar-refractivity contribution in [3.63, 3.8) is 0 Å². The fourth-order valence-electron chi connectivity index (χ4n) is 5.46. The predicted molar refractivity (Wildman–Crippen MR) is 132 cm³/mol. The Kier molecular flexibility index (Phi) is 7.80. The van der Waals surface area contributed by atoms with Gasteiger partial charge in [0.1, 0.15) is 12.0 Å². The molecule has 1 aliphatic carbocycles. The molecule has 0 radical (unpaired) electrons. The van der Waals surface area contributed by atoms with Crippen molar-refractivity contribution in [2.75, 3.05) is 37.7 Å². The third-order valence-electron chi connectivity index (χ3n) is 7.60. The molecular weight excluding hydrogens is 488 g/mol. The first-order chi connectivity index (χ1) is 17.4. The van der Waals surface area contributed by atoms with Gasteiger partial charge in [0.05, 0.1) is 12.7 Å². The molecule has 0 bridgehead atoms. The zero-order valence-electron chi connectivity index (χ0n) is 20.2. The van der Waals surface area contributed by atoms with Crippen LogP contribution in [0.1, 0.15) is 43.6 Å². The molecule has 2 saturated heterocycles. The number of aromatic nitrogens is 2. The number of hydrogen-bond acceptors (Lipinski definition) is 6. The van der Waals surface area contributed by atoms with Crippen LogP contribution in [0.15, 0.2) is 42.6 Å². The first kappa shape index (κ1) is 25.4. The predicted octanol–water partition coefficient (Wildman–Crippen LogP) is 3.04. The van der Waals surface area contributed by atoms with Gasteiger partial charge in [0.15, 0.2) is 5.82 Å². The SMILES string of the molecule is O=S(=O)(NC1CCN(c2cccnn2)C[C@H]1CO[C@H]1CC[C@@H](c2cccc(F)c2)CC1)N1CC(F)C1. The highest BCUT2D eigenvalue weighted by molar-refractivity contribution is 7.87. The lowest BCUT2D eigenvalue weighted by Crippen LogP contribution is -2.60. The van der Waals surface area contributed by atoms with E-state index in [0.717, 1.165) is 41.4 Å². The molecule has 5 rings (SSSR count). The normalized spacial score (nSPS) is 28.1. The zero-order valence-corrected chi connectivity index (χ0v) is 21.0. The largest absolute Gasteiger partial charge is 0.378 e. The van der Waals surface area contributed by atoms with Crippen LogP contribution in [0.5, 0.6) is 0 Å². The lowest BCUT2D eigenvalue weighted by atomic mass is 9.82. The molecule has 2 aromatic rings. The summed E-state index contributed by atoms with van der Waals surface area (Å²) in [5, 5.41) is 8.18. The molecule has 3 fully saturated rings. The molecular formula is C25H33F2N5O3S. The lowest BCUT2D eigenvalue weighted by Gasteiger charge is -2.41. The van der Waals surface area contributed by atoms with Gasteiger partial charge < -0.3 is 9.64 Å². The lowest BCUT2D eigenvalue weighted by molar-refractivity contribution is -0.00239. The molecule has 3 heterocycles. The number of ether oxygens (including phenoxy) is 1. The fraction of sp³-hybridized carbons (Fsp3) is 0.600. The first-order valence-corrected chi connectivity index (χ1v) is 14.1. The fourth-order valence-corrected chi connectivity index (χ4v) is 7.02. The van der Waals surface area contributed by atoms with Crippen molar-refractivity contribution < 1.29 is 21.9 Å². The molecule has 8 nitrogen and oxygen atoms in total. The van der Waals surface area contributed by atoms with Gasteiger partial charge in [0.2, 0.25) is 0 Å². The molecule has 1 N–H and O–H groups in total. The number of alkyl halides is 1. The highest BCUT2D eigenvalue weighted by Gasteiger charge is 2.40. The van der Waals surface area contributed by atoms with E-state index in [0.29, 0.717) is 32.0 Å². The number of nitrogens with one attached hydrogen (secondary N) is 1. The molecule has 2 aliphatic heterocycles. The molecule has 1 saturated carbocycles. The van der Waals surface area contributed by atoms with Crippen molar-refractivity contribution in [3.05, 3.63) is 54.0 Å². The molecule has 1 unspecified atom stereocenters. The van der Waals surface area contributed by atoms with Gasteiger partial charge in [-0.15, -0.1) is 5.10 Å². The number of nitrogens with zero attached hydrogens (tertiary/aromatic N) is 4. The minimum atomic E-state index is -3.75. The van der Waals surface area contributed by atoms with Crippen LogP contribution in [-0.4, -0.2) is 74.0 Å². The standard InChI is InChI=1S/C25H33F2N5O3S/c26-21-4-1-3-19(13-21)18-6-8-23(9-7-18)35-17-20-14-31(25-5-2-11-28-29-25)12-10-24(20)30-36(33,34)32-15-22(27)16-32/h1-5,11,13,18,20,22-24,30H,6-10,12,14-17H2/t18-,20-,23+,24?/m0/s1. The third kappa shape index (κ3) is 6.01. The van der Waals surface area contributed by atoms with E-state index in [1.807, 2.05) is 18.2 Å². The Bertz CT molecular complexity index is 1110. The Labute approximate surface area is 211 Å². The van der Waals surface area contributed by atoms with Crippen LogP contribution in [-0.2, 0) is 14.9 Å². The monoisotopic (exact) mass is 521 g/mol. The first-order valence-electron chi connectivity index (χ1n) is 12.7. The summed E-state index contributed by atoms with van der Waals surface area (Å²) in [5.74, 6) is 0.781. The second kappa shape index (κ2) is 11.0. The number of benzene rings is 1. The van der Waals surface area contributed by atoms with Crippen molar-refractivity contribution >= 4 is 16.0 Å². The average molecular weight is 522 g/mol. The van der Waals surface area contributed by atoms with E-state index >= 15 is 0 Å². The molecule has 1 aromatic carbocycles. The number of rotatable bonds is 8. The maximum Gasteiger partial charge on any atom is 0.279 e. The molecule has 3 aliphatic rings. The molecule has 0 amide bonds. The van der Waals surface area contributed by atoms with E-state index in [1.165, 1.54) is 6.07 Å². The molecule has 2 atom stereocenters. The summed E-state index contributed by atoms with van der Waals surface area (Å²) in [7, 11) is -3.75. The van der Waals surface area contributed by atoms with Gasteiger partial charge in [0, 0.05) is 44.3 Å². The van der Waals surface area contributed by atoms with Gasteiger partial charge in [-0.1, -0.05) is 12.1 Å². The Morgan fingerprint density at radius 3 is 2.56 bits per heavy atom. The molecule has 36 heavy (non-hydrogen) atoms. The summed E-state index contributed by atoms with van der Waals surface area (Å²) in [4.78, 5) is 2.11. The molecule has 1 aromatic heterocycles. The number of piperidine rings is 1. The van der Waals surface area contributed by atoms with Crippen LogP contribution >= 0.6 is 0 Å².